The molecule has 198 valence electrons. The first kappa shape index (κ1) is 27.5. The number of sulfonamides is 1. The summed E-state index contributed by atoms with van der Waals surface area (Å²) < 4.78 is 72.0. The average Bonchev–Trinajstić information content (AvgIpc) is 2.78. The molecule has 36 heavy (non-hydrogen) atoms. The number of benzene rings is 1. The van der Waals surface area contributed by atoms with Crippen LogP contribution in [0.25, 0.3) is 0 Å². The number of anilines is 4. The molecule has 0 bridgehead atoms. The van der Waals surface area contributed by atoms with Gasteiger partial charge >= 0.3 is 6.18 Å². The van der Waals surface area contributed by atoms with E-state index in [2.05, 4.69) is 25.9 Å². The van der Waals surface area contributed by atoms with Gasteiger partial charge in [0.05, 0.1) is 19.1 Å². The van der Waals surface area contributed by atoms with E-state index in [1.165, 1.54) is 25.4 Å². The number of hydrogen-bond donors (Lipinski definition) is 3. The highest BCUT2D eigenvalue weighted by molar-refractivity contribution is 7.88. The summed E-state index contributed by atoms with van der Waals surface area (Å²) in [4.78, 5) is 19.2. The van der Waals surface area contributed by atoms with Crippen LogP contribution >= 0.6 is 0 Å². The van der Waals surface area contributed by atoms with E-state index in [1.54, 1.807) is 18.2 Å². The number of nitrogens with one attached hydrogen (secondary N) is 3. The highest BCUT2D eigenvalue weighted by Crippen LogP contribution is 2.37. The van der Waals surface area contributed by atoms with Crippen LogP contribution in [0.5, 0.6) is 5.75 Å². The number of carbonyl (C=O) groups excluding carboxylic acids is 1. The van der Waals surface area contributed by atoms with Gasteiger partial charge in [0.2, 0.25) is 21.9 Å². The first-order valence-electron chi connectivity index (χ1n) is 11.2. The van der Waals surface area contributed by atoms with Crippen molar-refractivity contribution < 1.29 is 31.1 Å². The molecule has 0 spiro atoms. The minimum Gasteiger partial charge on any atom is -0.494 e. The summed E-state index contributed by atoms with van der Waals surface area (Å²) in [5.74, 6) is -0.545. The number of halogens is 3. The molecule has 1 aromatic heterocycles. The van der Waals surface area contributed by atoms with Gasteiger partial charge < -0.3 is 20.7 Å². The third-order valence-electron chi connectivity index (χ3n) is 5.90. The Morgan fingerprint density at radius 1 is 1.22 bits per heavy atom. The maximum absolute atomic E-state index is 13.8. The van der Waals surface area contributed by atoms with Crippen LogP contribution in [-0.2, 0) is 21.0 Å². The molecule has 1 aliphatic rings. The van der Waals surface area contributed by atoms with Crippen LogP contribution in [0.3, 0.4) is 0 Å². The smallest absolute Gasteiger partial charge is 0.421 e. The van der Waals surface area contributed by atoms with Crippen molar-refractivity contribution in [3.63, 3.8) is 0 Å². The lowest BCUT2D eigenvalue weighted by Gasteiger charge is -2.37. The van der Waals surface area contributed by atoms with E-state index in [0.717, 1.165) is 19.1 Å². The zero-order chi connectivity index (χ0) is 26.7. The standard InChI is InChI=1S/C22H29F3N6O4S/c1-13(32)27-14-9-10-17(19(11-14)35-3)29-21-26-12-15(22(23,24)25)20(30-21)28-16-7-5-6-8-18(16)31(2)36(4,33)34/h9-12,16,18H,5-8H2,1-4H3,(H,27,32)(H2,26,28,29,30)/t16-,18-/m1/s1. The molecule has 10 nitrogen and oxygen atoms in total. The lowest BCUT2D eigenvalue weighted by molar-refractivity contribution is -0.137. The van der Waals surface area contributed by atoms with Gasteiger partial charge in [-0.05, 0) is 25.0 Å². The second-order valence-corrected chi connectivity index (χ2v) is 10.6. The fourth-order valence-electron chi connectivity index (χ4n) is 4.09. The molecule has 14 heteroatoms. The maximum Gasteiger partial charge on any atom is 0.421 e. The Hall–Kier alpha value is -3.13. The normalized spacial score (nSPS) is 18.6. The molecule has 0 saturated heterocycles. The summed E-state index contributed by atoms with van der Waals surface area (Å²) in [6.07, 6.45) is -0.499. The maximum atomic E-state index is 13.8. The molecule has 1 saturated carbocycles. The van der Waals surface area contributed by atoms with Crippen LogP contribution in [0.15, 0.2) is 24.4 Å². The van der Waals surface area contributed by atoms with Crippen molar-refractivity contribution in [1.82, 2.24) is 14.3 Å². The van der Waals surface area contributed by atoms with Crippen molar-refractivity contribution >= 4 is 39.1 Å². The molecule has 3 rings (SSSR count). The molecule has 0 radical (unpaired) electrons. The molecule has 0 unspecified atom stereocenters. The lowest BCUT2D eigenvalue weighted by Crippen LogP contribution is -2.49. The molecule has 1 aromatic carbocycles. The molecule has 2 aromatic rings. The van der Waals surface area contributed by atoms with Gasteiger partial charge in [-0.1, -0.05) is 12.8 Å². The summed E-state index contributed by atoms with van der Waals surface area (Å²) in [7, 11) is -0.720. The van der Waals surface area contributed by atoms with E-state index in [9.17, 15) is 26.4 Å². The molecule has 1 heterocycles. The topological polar surface area (TPSA) is 126 Å². The molecular formula is C22H29F3N6O4S. The van der Waals surface area contributed by atoms with Crippen molar-refractivity contribution in [2.24, 2.45) is 0 Å². The summed E-state index contributed by atoms with van der Waals surface area (Å²) in [5, 5.41) is 8.31. The minimum atomic E-state index is -4.73. The first-order valence-corrected chi connectivity index (χ1v) is 13.0. The third kappa shape index (κ3) is 6.75. The largest absolute Gasteiger partial charge is 0.494 e. The Morgan fingerprint density at radius 2 is 1.92 bits per heavy atom. The Bertz CT molecular complexity index is 1210. The number of likely N-dealkylation sites (N-methyl/N-ethyl adjacent to an activating group) is 1. The van der Waals surface area contributed by atoms with Crippen LogP contribution < -0.4 is 20.7 Å². The number of rotatable bonds is 8. The molecule has 1 aliphatic carbocycles. The van der Waals surface area contributed by atoms with Crippen LogP contribution in [-0.4, -0.2) is 61.1 Å². The van der Waals surface area contributed by atoms with Gasteiger partial charge in [-0.25, -0.2) is 17.7 Å². The monoisotopic (exact) mass is 530 g/mol. The molecule has 1 fully saturated rings. The zero-order valence-electron chi connectivity index (χ0n) is 20.3. The second-order valence-electron chi connectivity index (χ2n) is 8.56. The second kappa shape index (κ2) is 10.9. The van der Waals surface area contributed by atoms with Crippen LogP contribution in [0, 0.1) is 0 Å². The number of carbonyl (C=O) groups is 1. The fourth-order valence-corrected chi connectivity index (χ4v) is 4.84. The lowest BCUT2D eigenvalue weighted by atomic mass is 9.90. The Kier molecular flexibility index (Phi) is 8.29. The fraction of sp³-hybridized carbons (Fsp3) is 0.500. The number of hydrogen-bond acceptors (Lipinski definition) is 8. The number of methoxy groups -OCH3 is 1. The predicted molar refractivity (Wildman–Crippen MR) is 130 cm³/mol. The van der Waals surface area contributed by atoms with Gasteiger partial charge in [0, 0.05) is 44.0 Å². The molecule has 1 amide bonds. The summed E-state index contributed by atoms with van der Waals surface area (Å²) in [6.45, 7) is 1.35. The van der Waals surface area contributed by atoms with E-state index in [4.69, 9.17) is 4.74 Å². The quantitative estimate of drug-likeness (QED) is 0.470. The van der Waals surface area contributed by atoms with Gasteiger partial charge in [0.15, 0.2) is 0 Å². The third-order valence-corrected chi connectivity index (χ3v) is 7.22. The van der Waals surface area contributed by atoms with Crippen molar-refractivity contribution in [3.8, 4) is 5.75 Å². The minimum absolute atomic E-state index is 0.125. The van der Waals surface area contributed by atoms with Gasteiger partial charge in [0.1, 0.15) is 17.1 Å². The Labute approximate surface area is 207 Å². The number of ether oxygens (including phenoxy) is 1. The van der Waals surface area contributed by atoms with E-state index in [0.29, 0.717) is 36.2 Å². The van der Waals surface area contributed by atoms with Gasteiger partial charge in [-0.2, -0.15) is 18.2 Å². The molecule has 2 atom stereocenters. The summed E-state index contributed by atoms with van der Waals surface area (Å²) >= 11 is 0. The first-order chi connectivity index (χ1) is 16.8. The van der Waals surface area contributed by atoms with Crippen LogP contribution in [0.1, 0.15) is 38.2 Å². The number of alkyl halides is 3. The Balaban J connectivity index is 1.94. The van der Waals surface area contributed by atoms with Crippen molar-refractivity contribution in [1.29, 1.82) is 0 Å². The SMILES string of the molecule is COc1cc(NC(C)=O)ccc1Nc1ncc(C(F)(F)F)c(N[C@@H]2CCCC[C@H]2N(C)S(C)(=O)=O)n1. The highest BCUT2D eigenvalue weighted by Gasteiger charge is 2.38. The molecule has 3 N–H and O–H groups in total. The Morgan fingerprint density at radius 3 is 2.53 bits per heavy atom. The van der Waals surface area contributed by atoms with Crippen LogP contribution in [0.2, 0.25) is 0 Å². The zero-order valence-corrected chi connectivity index (χ0v) is 21.1. The van der Waals surface area contributed by atoms with Crippen LogP contribution in [0.4, 0.5) is 36.3 Å². The van der Waals surface area contributed by atoms with E-state index in [-0.39, 0.29) is 11.9 Å². The molecule has 0 aliphatic heterocycles. The van der Waals surface area contributed by atoms with E-state index >= 15 is 0 Å². The number of aromatic nitrogens is 2. The van der Waals surface area contributed by atoms with Crippen molar-refractivity contribution in [3.05, 3.63) is 30.0 Å². The highest BCUT2D eigenvalue weighted by atomic mass is 32.2. The predicted octanol–water partition coefficient (Wildman–Crippen LogP) is 3.82. The van der Waals surface area contributed by atoms with Crippen molar-refractivity contribution in [2.45, 2.75) is 50.9 Å². The number of amides is 1. The van der Waals surface area contributed by atoms with E-state index < -0.39 is 39.7 Å². The van der Waals surface area contributed by atoms with Crippen molar-refractivity contribution in [2.75, 3.05) is 36.4 Å². The average molecular weight is 531 g/mol. The van der Waals surface area contributed by atoms with E-state index in [1.807, 2.05) is 0 Å². The summed E-state index contributed by atoms with van der Waals surface area (Å²) in [5.41, 5.74) is -0.226. The van der Waals surface area contributed by atoms with Gasteiger partial charge in [-0.15, -0.1) is 0 Å². The summed E-state index contributed by atoms with van der Waals surface area (Å²) in [6, 6.07) is 3.59. The van der Waals surface area contributed by atoms with Gasteiger partial charge in [0.25, 0.3) is 0 Å². The van der Waals surface area contributed by atoms with Gasteiger partial charge in [-0.3, -0.25) is 4.79 Å². The molecular weight excluding hydrogens is 501 g/mol. The number of nitrogens with zero attached hydrogens (tertiary/aromatic N) is 3.